The van der Waals surface area contributed by atoms with Crippen LogP contribution in [0.2, 0.25) is 0 Å². The zero-order chi connectivity index (χ0) is 26.6. The molecule has 36 heavy (non-hydrogen) atoms. The minimum atomic E-state index is -0.109. The number of rotatable bonds is 2. The maximum atomic E-state index is 13.1. The Labute approximate surface area is 212 Å². The first-order chi connectivity index (χ1) is 17.3. The first-order valence-electron chi connectivity index (χ1n) is 12.6. The van der Waals surface area contributed by atoms with Gasteiger partial charge in [-0.15, -0.1) is 0 Å². The van der Waals surface area contributed by atoms with Crippen LogP contribution >= 0.6 is 0 Å². The van der Waals surface area contributed by atoms with Crippen LogP contribution < -0.4 is 5.56 Å². The summed E-state index contributed by atoms with van der Waals surface area (Å²) in [4.78, 5) is 30.4. The average Bonchev–Trinajstić information content (AvgIpc) is 3.33. The van der Waals surface area contributed by atoms with Crippen molar-refractivity contribution in [3.8, 4) is 5.69 Å². The topological polar surface area (TPSA) is 56.9 Å². The molecule has 0 saturated heterocycles. The van der Waals surface area contributed by atoms with Crippen LogP contribution in [0.15, 0.2) is 83.1 Å². The number of aromatic nitrogens is 3. The highest BCUT2D eigenvalue weighted by molar-refractivity contribution is 6.04. The van der Waals surface area contributed by atoms with Crippen molar-refractivity contribution in [1.29, 1.82) is 0 Å². The summed E-state index contributed by atoms with van der Waals surface area (Å²) >= 11 is 0. The fraction of sp³-hybridized carbons (Fsp3) is 0.258. The van der Waals surface area contributed by atoms with Gasteiger partial charge in [-0.05, 0) is 58.0 Å². The van der Waals surface area contributed by atoms with Crippen molar-refractivity contribution in [2.75, 3.05) is 0 Å². The van der Waals surface area contributed by atoms with Crippen molar-refractivity contribution in [3.63, 3.8) is 0 Å². The van der Waals surface area contributed by atoms with E-state index in [9.17, 15) is 9.59 Å². The predicted octanol–water partition coefficient (Wildman–Crippen LogP) is 7.85. The highest BCUT2D eigenvalue weighted by Gasteiger charge is 2.13. The van der Waals surface area contributed by atoms with Gasteiger partial charge in [0.25, 0.3) is 11.5 Å². The van der Waals surface area contributed by atoms with Gasteiger partial charge < -0.3 is 0 Å². The molecule has 0 saturated carbocycles. The lowest BCUT2D eigenvalue weighted by Crippen LogP contribution is -2.17. The maximum Gasteiger partial charge on any atom is 0.257 e. The highest BCUT2D eigenvalue weighted by atomic mass is 16.2. The Bertz CT molecular complexity index is 1650. The lowest BCUT2D eigenvalue weighted by atomic mass is 10.1. The second-order valence-corrected chi connectivity index (χ2v) is 8.50. The summed E-state index contributed by atoms with van der Waals surface area (Å²) in [5.74, 6) is -0.0439. The fourth-order valence-corrected chi connectivity index (χ4v) is 4.07. The number of carbonyl (C=O) groups excluding carboxylic acids is 1. The summed E-state index contributed by atoms with van der Waals surface area (Å²) in [6.07, 6.45) is 5.47. The summed E-state index contributed by atoms with van der Waals surface area (Å²) in [5.41, 5.74) is 5.15. The van der Waals surface area contributed by atoms with Crippen LogP contribution in [0.4, 0.5) is 0 Å². The molecule has 3 aromatic heterocycles. The van der Waals surface area contributed by atoms with E-state index in [4.69, 9.17) is 0 Å². The summed E-state index contributed by atoms with van der Waals surface area (Å²) in [6, 6.07) is 15.3. The molecule has 0 aliphatic rings. The highest BCUT2D eigenvalue weighted by Crippen LogP contribution is 2.27. The second kappa shape index (κ2) is 11.2. The normalized spacial score (nSPS) is 10.4. The van der Waals surface area contributed by atoms with Crippen molar-refractivity contribution in [2.45, 2.75) is 55.4 Å². The number of pyridine rings is 2. The Morgan fingerprint density at radius 3 is 2.17 bits per heavy atom. The van der Waals surface area contributed by atoms with E-state index in [-0.39, 0.29) is 11.5 Å². The van der Waals surface area contributed by atoms with Gasteiger partial charge in [-0.2, -0.15) is 0 Å². The molecule has 5 nitrogen and oxygen atoms in total. The van der Waals surface area contributed by atoms with E-state index in [1.807, 2.05) is 104 Å². The molecule has 0 atom stereocenters. The number of benzene rings is 2. The molecule has 0 amide bonds. The third kappa shape index (κ3) is 4.87. The average molecular weight is 482 g/mol. The standard InChI is InChI=1S/C27H23N3O2.2C2H6/c1-16(2)18(4)27(32)29-14-20-6-8-22(12-21(20)15-29)30-25(31)10-7-19-13-28-24-9-5-17(3)11-23(24)26(19)30;2*1-2/h5-15H,1-4H3;2*1-2H3. The summed E-state index contributed by atoms with van der Waals surface area (Å²) in [7, 11) is 0. The van der Waals surface area contributed by atoms with E-state index in [1.54, 1.807) is 21.4 Å². The fourth-order valence-electron chi connectivity index (χ4n) is 4.07. The lowest BCUT2D eigenvalue weighted by molar-refractivity contribution is 0.0954. The Morgan fingerprint density at radius 2 is 1.47 bits per heavy atom. The molecule has 5 rings (SSSR count). The Morgan fingerprint density at radius 1 is 0.806 bits per heavy atom. The van der Waals surface area contributed by atoms with Crippen LogP contribution in [-0.2, 0) is 0 Å². The Balaban J connectivity index is 0.000000861. The zero-order valence-electron chi connectivity index (χ0n) is 22.5. The molecule has 5 aromatic rings. The van der Waals surface area contributed by atoms with Crippen LogP contribution in [-0.4, -0.2) is 20.0 Å². The van der Waals surface area contributed by atoms with Crippen LogP contribution in [0.5, 0.6) is 0 Å². The van der Waals surface area contributed by atoms with Gasteiger partial charge in [0.1, 0.15) is 0 Å². The first kappa shape index (κ1) is 26.6. The summed E-state index contributed by atoms with van der Waals surface area (Å²) < 4.78 is 3.35. The molecule has 0 unspecified atom stereocenters. The van der Waals surface area contributed by atoms with E-state index < -0.39 is 0 Å². The largest absolute Gasteiger partial charge is 0.290 e. The molecule has 0 radical (unpaired) electrons. The smallest absolute Gasteiger partial charge is 0.257 e. The monoisotopic (exact) mass is 481 g/mol. The molecule has 0 bridgehead atoms. The number of fused-ring (bicyclic) bond motifs is 4. The molecule has 2 aromatic carbocycles. The van der Waals surface area contributed by atoms with Gasteiger partial charge in [0.2, 0.25) is 0 Å². The molecule has 5 heteroatoms. The van der Waals surface area contributed by atoms with Gasteiger partial charge in [0.15, 0.2) is 0 Å². The van der Waals surface area contributed by atoms with E-state index in [0.29, 0.717) is 0 Å². The molecule has 0 aliphatic carbocycles. The van der Waals surface area contributed by atoms with E-state index >= 15 is 0 Å². The number of nitrogens with zero attached hydrogens (tertiary/aromatic N) is 3. The van der Waals surface area contributed by atoms with Crippen molar-refractivity contribution >= 4 is 38.5 Å². The predicted molar refractivity (Wildman–Crippen MR) is 152 cm³/mol. The van der Waals surface area contributed by atoms with Crippen LogP contribution in [0.1, 0.15) is 58.8 Å². The molecule has 0 fully saturated rings. The summed E-state index contributed by atoms with van der Waals surface area (Å²) in [5, 5.41) is 3.68. The third-order valence-electron chi connectivity index (χ3n) is 6.06. The minimum Gasteiger partial charge on any atom is -0.290 e. The number of hydrogen-bond donors (Lipinski definition) is 0. The molecule has 0 N–H and O–H groups in total. The SMILES string of the molecule is CC.CC.CC(C)=C(C)C(=O)n1cc2ccc(-n3c(=O)ccc4cnc5ccc(C)cc5c43)cc2c1. The number of aryl methyl sites for hydroxylation is 1. The minimum absolute atomic E-state index is 0.0439. The summed E-state index contributed by atoms with van der Waals surface area (Å²) in [6.45, 7) is 15.7. The van der Waals surface area contributed by atoms with Crippen molar-refractivity contribution in [1.82, 2.24) is 14.1 Å². The number of allylic oxidation sites excluding steroid dienone is 2. The van der Waals surface area contributed by atoms with E-state index in [2.05, 4.69) is 11.1 Å². The molecule has 0 spiro atoms. The first-order valence-corrected chi connectivity index (χ1v) is 12.6. The third-order valence-corrected chi connectivity index (χ3v) is 6.06. The van der Waals surface area contributed by atoms with Crippen LogP contribution in [0, 0.1) is 6.92 Å². The quantitative estimate of drug-likeness (QED) is 0.190. The maximum absolute atomic E-state index is 13.1. The van der Waals surface area contributed by atoms with Crippen molar-refractivity contribution < 1.29 is 4.79 Å². The van der Waals surface area contributed by atoms with Gasteiger partial charge in [0.05, 0.1) is 11.0 Å². The Kier molecular flexibility index (Phi) is 8.25. The molecular formula is C31H35N3O2. The molecule has 0 aliphatic heterocycles. The van der Waals surface area contributed by atoms with E-state index in [0.717, 1.165) is 55.0 Å². The van der Waals surface area contributed by atoms with Gasteiger partial charge in [-0.1, -0.05) is 51.0 Å². The zero-order valence-corrected chi connectivity index (χ0v) is 22.5. The molecular weight excluding hydrogens is 446 g/mol. The van der Waals surface area contributed by atoms with Gasteiger partial charge in [-0.25, -0.2) is 0 Å². The number of hydrogen-bond acceptors (Lipinski definition) is 3. The van der Waals surface area contributed by atoms with Gasteiger partial charge in [0, 0.05) is 57.5 Å². The van der Waals surface area contributed by atoms with E-state index in [1.165, 1.54) is 0 Å². The van der Waals surface area contributed by atoms with Gasteiger partial charge >= 0.3 is 0 Å². The molecule has 3 heterocycles. The Hall–Kier alpha value is -3.99. The van der Waals surface area contributed by atoms with Crippen molar-refractivity contribution in [2.24, 2.45) is 0 Å². The second-order valence-electron chi connectivity index (χ2n) is 8.50. The van der Waals surface area contributed by atoms with Gasteiger partial charge in [-0.3, -0.25) is 23.7 Å². The van der Waals surface area contributed by atoms with Crippen LogP contribution in [0.3, 0.4) is 0 Å². The van der Waals surface area contributed by atoms with Crippen LogP contribution in [0.25, 0.3) is 38.3 Å². The van der Waals surface area contributed by atoms with Crippen molar-refractivity contribution in [3.05, 3.63) is 94.2 Å². The number of carbonyl (C=O) groups is 1. The lowest BCUT2D eigenvalue weighted by Gasteiger charge is -2.13. The molecule has 186 valence electrons.